The molecule has 0 aliphatic rings. The summed E-state index contributed by atoms with van der Waals surface area (Å²) in [5.41, 5.74) is 4.46. The third kappa shape index (κ3) is 3.08. The number of nitrogens with one attached hydrogen (secondary N) is 2. The molecule has 2 aromatic carbocycles. The molecule has 1 amide bonds. The molecule has 0 aliphatic heterocycles. The molecule has 23 heavy (non-hydrogen) atoms. The maximum atomic E-state index is 11.9. The van der Waals surface area contributed by atoms with Crippen LogP contribution < -0.4 is 5.43 Å². The second-order valence-corrected chi connectivity index (χ2v) is 4.79. The van der Waals surface area contributed by atoms with Gasteiger partial charge < -0.3 is 4.98 Å². The summed E-state index contributed by atoms with van der Waals surface area (Å²) >= 11 is 0. The highest BCUT2D eigenvalue weighted by Crippen LogP contribution is 2.15. The van der Waals surface area contributed by atoms with Crippen molar-refractivity contribution in [1.29, 1.82) is 0 Å². The van der Waals surface area contributed by atoms with E-state index in [0.29, 0.717) is 5.56 Å². The summed E-state index contributed by atoms with van der Waals surface area (Å²) in [6, 6.07) is 13.1. The number of rotatable bonds is 4. The van der Waals surface area contributed by atoms with Crippen LogP contribution in [-0.4, -0.2) is 22.0 Å². The van der Waals surface area contributed by atoms with Crippen molar-refractivity contribution in [2.75, 3.05) is 0 Å². The van der Waals surface area contributed by atoms with Crippen LogP contribution in [0.4, 0.5) is 5.69 Å². The average Bonchev–Trinajstić information content (AvgIpc) is 2.98. The second-order valence-electron chi connectivity index (χ2n) is 4.79. The van der Waals surface area contributed by atoms with E-state index in [-0.39, 0.29) is 5.69 Å². The van der Waals surface area contributed by atoms with Gasteiger partial charge in [-0.3, -0.25) is 14.9 Å². The maximum Gasteiger partial charge on any atom is 0.271 e. The molecule has 1 heterocycles. The first kappa shape index (κ1) is 14.5. The van der Waals surface area contributed by atoms with Crippen LogP contribution in [0.3, 0.4) is 0 Å². The van der Waals surface area contributed by atoms with Gasteiger partial charge in [-0.2, -0.15) is 5.10 Å². The lowest BCUT2D eigenvalue weighted by Crippen LogP contribution is -2.17. The van der Waals surface area contributed by atoms with E-state index in [9.17, 15) is 14.9 Å². The van der Waals surface area contributed by atoms with Gasteiger partial charge in [0.2, 0.25) is 0 Å². The minimum Gasteiger partial charge on any atom is -0.361 e. The Hall–Kier alpha value is -3.48. The zero-order valence-electron chi connectivity index (χ0n) is 11.9. The van der Waals surface area contributed by atoms with Gasteiger partial charge in [-0.15, -0.1) is 0 Å². The third-order valence-corrected chi connectivity index (χ3v) is 3.33. The summed E-state index contributed by atoms with van der Waals surface area (Å²) in [4.78, 5) is 25.1. The van der Waals surface area contributed by atoms with Crippen LogP contribution in [0, 0.1) is 10.1 Å². The Morgan fingerprint density at radius 1 is 1.17 bits per heavy atom. The van der Waals surface area contributed by atoms with Gasteiger partial charge >= 0.3 is 0 Å². The molecule has 7 nitrogen and oxygen atoms in total. The number of fused-ring (bicyclic) bond motifs is 1. The largest absolute Gasteiger partial charge is 0.361 e. The van der Waals surface area contributed by atoms with Crippen LogP contribution >= 0.6 is 0 Å². The van der Waals surface area contributed by atoms with Gasteiger partial charge in [0.25, 0.3) is 11.6 Å². The molecule has 0 saturated carbocycles. The molecule has 0 saturated heterocycles. The van der Waals surface area contributed by atoms with E-state index in [0.717, 1.165) is 16.5 Å². The average molecular weight is 308 g/mol. The Kier molecular flexibility index (Phi) is 3.84. The van der Waals surface area contributed by atoms with Crippen LogP contribution in [-0.2, 0) is 0 Å². The molecular formula is C16H12N4O3. The normalized spacial score (nSPS) is 11.0. The van der Waals surface area contributed by atoms with Crippen LogP contribution in [0.1, 0.15) is 15.9 Å². The predicted molar refractivity (Wildman–Crippen MR) is 86.5 cm³/mol. The Bertz CT molecular complexity index is 897. The van der Waals surface area contributed by atoms with Gasteiger partial charge in [-0.25, -0.2) is 5.43 Å². The van der Waals surface area contributed by atoms with Crippen molar-refractivity contribution in [2.45, 2.75) is 0 Å². The van der Waals surface area contributed by atoms with E-state index >= 15 is 0 Å². The molecule has 0 fully saturated rings. The third-order valence-electron chi connectivity index (χ3n) is 3.33. The van der Waals surface area contributed by atoms with Gasteiger partial charge in [0.15, 0.2) is 0 Å². The number of hydrogen-bond donors (Lipinski definition) is 2. The van der Waals surface area contributed by atoms with Crippen LogP contribution in [0.5, 0.6) is 0 Å². The summed E-state index contributed by atoms with van der Waals surface area (Å²) in [7, 11) is 0. The lowest BCUT2D eigenvalue weighted by Gasteiger charge is -1.99. The molecule has 7 heteroatoms. The number of carbonyl (C=O) groups excluding carboxylic acids is 1. The molecule has 114 valence electrons. The van der Waals surface area contributed by atoms with Gasteiger partial charge in [0.1, 0.15) is 0 Å². The molecule has 0 bridgehead atoms. The SMILES string of the molecule is O=C(N/N=C/c1c[nH]c2ccccc12)c1ccc([N+](=O)[O-])cc1. The molecule has 1 aromatic heterocycles. The van der Waals surface area contributed by atoms with Crippen molar-refractivity contribution >= 4 is 28.7 Å². The van der Waals surface area contributed by atoms with Crippen LogP contribution in [0.15, 0.2) is 59.8 Å². The first-order valence-electron chi connectivity index (χ1n) is 6.79. The van der Waals surface area contributed by atoms with Crippen molar-refractivity contribution in [1.82, 2.24) is 10.4 Å². The fourth-order valence-corrected chi connectivity index (χ4v) is 2.16. The highest BCUT2D eigenvalue weighted by Gasteiger charge is 2.08. The number of aromatic amines is 1. The standard InChI is InChI=1S/C16H12N4O3/c21-16(11-5-7-13(8-6-11)20(22)23)19-18-10-12-9-17-15-4-2-1-3-14(12)15/h1-10,17H,(H,19,21)/b18-10+. The number of H-pyrrole nitrogens is 1. The lowest BCUT2D eigenvalue weighted by molar-refractivity contribution is -0.384. The number of hydrazone groups is 1. The van der Waals surface area contributed by atoms with Crippen LogP contribution in [0.25, 0.3) is 10.9 Å². The minimum absolute atomic E-state index is 0.0659. The van der Waals surface area contributed by atoms with E-state index in [1.807, 2.05) is 24.3 Å². The molecule has 0 atom stereocenters. The number of non-ortho nitro benzene ring substituents is 1. The fourth-order valence-electron chi connectivity index (χ4n) is 2.16. The summed E-state index contributed by atoms with van der Waals surface area (Å²) in [5.74, 6) is -0.434. The second kappa shape index (κ2) is 6.10. The minimum atomic E-state index is -0.517. The van der Waals surface area contributed by atoms with Crippen molar-refractivity contribution in [3.05, 3.63) is 76.0 Å². The smallest absolute Gasteiger partial charge is 0.271 e. The monoisotopic (exact) mass is 308 g/mol. The number of carbonyl (C=O) groups is 1. The summed E-state index contributed by atoms with van der Waals surface area (Å²) in [6.07, 6.45) is 3.34. The molecule has 0 aliphatic carbocycles. The Morgan fingerprint density at radius 2 is 1.91 bits per heavy atom. The lowest BCUT2D eigenvalue weighted by atomic mass is 10.2. The van der Waals surface area contributed by atoms with Crippen molar-refractivity contribution < 1.29 is 9.72 Å². The number of nitrogens with zero attached hydrogens (tertiary/aromatic N) is 2. The fraction of sp³-hybridized carbons (Fsp3) is 0. The highest BCUT2D eigenvalue weighted by atomic mass is 16.6. The summed E-state index contributed by atoms with van der Waals surface area (Å²) in [5, 5.41) is 15.5. The van der Waals surface area contributed by atoms with E-state index in [4.69, 9.17) is 0 Å². The van der Waals surface area contributed by atoms with Crippen LogP contribution in [0.2, 0.25) is 0 Å². The first-order chi connectivity index (χ1) is 11.1. The topological polar surface area (TPSA) is 100 Å². The zero-order chi connectivity index (χ0) is 16.2. The van der Waals surface area contributed by atoms with Gasteiger partial charge in [-0.1, -0.05) is 18.2 Å². The van der Waals surface area contributed by atoms with E-state index in [2.05, 4.69) is 15.5 Å². The first-order valence-corrected chi connectivity index (χ1v) is 6.79. The molecule has 3 rings (SSSR count). The molecule has 0 radical (unpaired) electrons. The predicted octanol–water partition coefficient (Wildman–Crippen LogP) is 2.84. The number of aromatic nitrogens is 1. The van der Waals surface area contributed by atoms with Gasteiger partial charge in [0, 0.05) is 40.4 Å². The number of hydrogen-bond acceptors (Lipinski definition) is 4. The molecule has 0 unspecified atom stereocenters. The Balaban J connectivity index is 1.70. The summed E-state index contributed by atoms with van der Waals surface area (Å²) in [6.45, 7) is 0. The quantitative estimate of drug-likeness (QED) is 0.440. The van der Waals surface area contributed by atoms with Gasteiger partial charge in [-0.05, 0) is 18.2 Å². The highest BCUT2D eigenvalue weighted by molar-refractivity contribution is 6.00. The Labute approximate surface area is 130 Å². The van der Waals surface area contributed by atoms with Crippen molar-refractivity contribution in [3.63, 3.8) is 0 Å². The van der Waals surface area contributed by atoms with E-state index in [1.165, 1.54) is 24.3 Å². The van der Waals surface area contributed by atoms with Gasteiger partial charge in [0.05, 0.1) is 11.1 Å². The number of nitro groups is 1. The molecule has 3 aromatic rings. The van der Waals surface area contributed by atoms with Crippen molar-refractivity contribution in [3.8, 4) is 0 Å². The number of amides is 1. The summed E-state index contributed by atoms with van der Waals surface area (Å²) < 4.78 is 0. The van der Waals surface area contributed by atoms with E-state index < -0.39 is 10.8 Å². The zero-order valence-corrected chi connectivity index (χ0v) is 11.9. The molecule has 0 spiro atoms. The number of benzene rings is 2. The van der Waals surface area contributed by atoms with E-state index in [1.54, 1.807) is 12.4 Å². The maximum absolute atomic E-state index is 11.9. The molecular weight excluding hydrogens is 296 g/mol. The number of nitro benzene ring substituents is 1. The van der Waals surface area contributed by atoms with Crippen molar-refractivity contribution in [2.24, 2.45) is 5.10 Å². The molecule has 2 N–H and O–H groups in total. The Morgan fingerprint density at radius 3 is 2.65 bits per heavy atom. The number of para-hydroxylation sites is 1.